The highest BCUT2D eigenvalue weighted by atomic mass is 35.5. The number of carbonyl (C=O) groups is 1. The number of hydrogen-bond acceptors (Lipinski definition) is 4. The first-order valence-corrected chi connectivity index (χ1v) is 8.03. The fourth-order valence-corrected chi connectivity index (χ4v) is 3.61. The first-order valence-electron chi connectivity index (χ1n) is 6.78. The average molecular weight is 323 g/mol. The zero-order chi connectivity index (χ0) is 14.8. The van der Waals surface area contributed by atoms with E-state index in [0.717, 1.165) is 29.2 Å². The molecule has 0 amide bonds. The summed E-state index contributed by atoms with van der Waals surface area (Å²) in [4.78, 5) is 17.7. The van der Waals surface area contributed by atoms with Crippen LogP contribution in [-0.2, 0) is 11.3 Å². The molecule has 1 N–H and O–H groups in total. The molecule has 4 nitrogen and oxygen atoms in total. The molecule has 0 saturated carbocycles. The molecule has 0 spiro atoms. The fraction of sp³-hybridized carbons (Fsp3) is 0.333. The van der Waals surface area contributed by atoms with Gasteiger partial charge in [-0.25, -0.2) is 4.98 Å². The van der Waals surface area contributed by atoms with Gasteiger partial charge < -0.3 is 5.11 Å². The van der Waals surface area contributed by atoms with E-state index in [4.69, 9.17) is 16.7 Å². The number of aromatic nitrogens is 1. The average Bonchev–Trinajstić information content (AvgIpc) is 3.09. The minimum Gasteiger partial charge on any atom is -0.481 e. The molecule has 1 saturated heterocycles. The maximum atomic E-state index is 11.0. The molecular formula is C15H15ClN2O2S. The van der Waals surface area contributed by atoms with Gasteiger partial charge in [-0.05, 0) is 19.0 Å². The van der Waals surface area contributed by atoms with Gasteiger partial charge in [-0.3, -0.25) is 9.69 Å². The van der Waals surface area contributed by atoms with Gasteiger partial charge in [0, 0.05) is 22.5 Å². The summed E-state index contributed by atoms with van der Waals surface area (Å²) in [5.41, 5.74) is 1.82. The normalized spacial score (nSPS) is 19.0. The number of thiazole rings is 1. The highest BCUT2D eigenvalue weighted by Crippen LogP contribution is 2.29. The van der Waals surface area contributed by atoms with Crippen molar-refractivity contribution in [3.05, 3.63) is 39.7 Å². The number of hydrogen-bond donors (Lipinski definition) is 1. The van der Waals surface area contributed by atoms with Crippen molar-refractivity contribution < 1.29 is 9.90 Å². The molecule has 1 aromatic heterocycles. The molecule has 1 aromatic carbocycles. The second-order valence-electron chi connectivity index (χ2n) is 5.17. The quantitative estimate of drug-likeness (QED) is 0.937. The van der Waals surface area contributed by atoms with Gasteiger partial charge in [-0.15, -0.1) is 11.3 Å². The van der Waals surface area contributed by atoms with Crippen LogP contribution in [0.3, 0.4) is 0 Å². The second kappa shape index (κ2) is 6.13. The topological polar surface area (TPSA) is 53.4 Å². The Morgan fingerprint density at radius 1 is 1.48 bits per heavy atom. The SMILES string of the molecule is O=C(O)C1CCN(Cc2nc(-c3ccccc3Cl)cs2)C1. The predicted octanol–water partition coefficient (Wildman–Crippen LogP) is 3.37. The van der Waals surface area contributed by atoms with Gasteiger partial charge in [0.2, 0.25) is 0 Å². The molecule has 110 valence electrons. The minimum atomic E-state index is -0.701. The Kier molecular flexibility index (Phi) is 4.24. The van der Waals surface area contributed by atoms with Crippen LogP contribution in [0.15, 0.2) is 29.6 Å². The molecule has 6 heteroatoms. The van der Waals surface area contributed by atoms with E-state index < -0.39 is 5.97 Å². The summed E-state index contributed by atoms with van der Waals surface area (Å²) < 4.78 is 0. The van der Waals surface area contributed by atoms with Crippen molar-refractivity contribution in [2.75, 3.05) is 13.1 Å². The summed E-state index contributed by atoms with van der Waals surface area (Å²) in [6.07, 6.45) is 0.720. The van der Waals surface area contributed by atoms with Gasteiger partial charge >= 0.3 is 5.97 Å². The third kappa shape index (κ3) is 3.26. The van der Waals surface area contributed by atoms with Crippen LogP contribution in [0.4, 0.5) is 0 Å². The number of halogens is 1. The van der Waals surface area contributed by atoms with Gasteiger partial charge in [0.25, 0.3) is 0 Å². The molecule has 1 aliphatic heterocycles. The van der Waals surface area contributed by atoms with Gasteiger partial charge in [0.05, 0.1) is 18.2 Å². The summed E-state index contributed by atoms with van der Waals surface area (Å²) in [5.74, 6) is -0.943. The van der Waals surface area contributed by atoms with Crippen molar-refractivity contribution in [1.82, 2.24) is 9.88 Å². The van der Waals surface area contributed by atoms with Crippen LogP contribution < -0.4 is 0 Å². The Morgan fingerprint density at radius 2 is 2.29 bits per heavy atom. The Morgan fingerprint density at radius 3 is 3.00 bits per heavy atom. The van der Waals surface area contributed by atoms with E-state index in [1.807, 2.05) is 29.6 Å². The summed E-state index contributed by atoms with van der Waals surface area (Å²) >= 11 is 7.77. The number of carboxylic acid groups (broad SMARTS) is 1. The standard InChI is InChI=1S/C15H15ClN2O2S/c16-12-4-2-1-3-11(12)13-9-21-14(17-13)8-18-6-5-10(7-18)15(19)20/h1-4,9-10H,5-8H2,(H,19,20). The monoisotopic (exact) mass is 322 g/mol. The third-order valence-electron chi connectivity index (χ3n) is 3.68. The smallest absolute Gasteiger partial charge is 0.307 e. The van der Waals surface area contributed by atoms with Gasteiger partial charge in [-0.1, -0.05) is 29.8 Å². The molecule has 2 heterocycles. The van der Waals surface area contributed by atoms with E-state index in [9.17, 15) is 4.79 Å². The maximum Gasteiger partial charge on any atom is 0.307 e. The number of likely N-dealkylation sites (tertiary alicyclic amines) is 1. The lowest BCUT2D eigenvalue weighted by Crippen LogP contribution is -2.22. The van der Waals surface area contributed by atoms with Crippen LogP contribution in [0.2, 0.25) is 5.02 Å². The Labute approximate surface area is 132 Å². The lowest BCUT2D eigenvalue weighted by Gasteiger charge is -2.12. The van der Waals surface area contributed by atoms with Crippen LogP contribution in [0.5, 0.6) is 0 Å². The highest BCUT2D eigenvalue weighted by molar-refractivity contribution is 7.09. The van der Waals surface area contributed by atoms with Crippen LogP contribution in [0, 0.1) is 5.92 Å². The van der Waals surface area contributed by atoms with Crippen LogP contribution in [0.1, 0.15) is 11.4 Å². The molecule has 0 bridgehead atoms. The molecule has 1 fully saturated rings. The van der Waals surface area contributed by atoms with Crippen molar-refractivity contribution in [2.24, 2.45) is 5.92 Å². The Bertz CT molecular complexity index is 659. The van der Waals surface area contributed by atoms with Gasteiger partial charge in [0.15, 0.2) is 0 Å². The molecule has 2 aromatic rings. The minimum absolute atomic E-state index is 0.243. The summed E-state index contributed by atoms with van der Waals surface area (Å²) in [7, 11) is 0. The predicted molar refractivity (Wildman–Crippen MR) is 83.6 cm³/mol. The van der Waals surface area contributed by atoms with E-state index in [1.54, 1.807) is 11.3 Å². The first kappa shape index (κ1) is 14.5. The number of rotatable bonds is 4. The van der Waals surface area contributed by atoms with Crippen molar-refractivity contribution >= 4 is 28.9 Å². The van der Waals surface area contributed by atoms with E-state index in [1.165, 1.54) is 0 Å². The lowest BCUT2D eigenvalue weighted by atomic mass is 10.1. The molecular weight excluding hydrogens is 308 g/mol. The van der Waals surface area contributed by atoms with Gasteiger partial charge in [0.1, 0.15) is 5.01 Å². The van der Waals surface area contributed by atoms with Crippen molar-refractivity contribution in [3.63, 3.8) is 0 Å². The van der Waals surface area contributed by atoms with Gasteiger partial charge in [-0.2, -0.15) is 0 Å². The summed E-state index contributed by atoms with van der Waals surface area (Å²) in [6, 6.07) is 7.65. The molecule has 1 unspecified atom stereocenters. The largest absolute Gasteiger partial charge is 0.481 e. The summed E-state index contributed by atoms with van der Waals surface area (Å²) in [6.45, 7) is 2.13. The molecule has 1 aliphatic rings. The van der Waals surface area contributed by atoms with Crippen LogP contribution in [0.25, 0.3) is 11.3 Å². The van der Waals surface area contributed by atoms with E-state index in [-0.39, 0.29) is 5.92 Å². The first-order chi connectivity index (χ1) is 10.1. The number of benzene rings is 1. The number of aliphatic carboxylic acids is 1. The maximum absolute atomic E-state index is 11.0. The van der Waals surface area contributed by atoms with Crippen molar-refractivity contribution in [2.45, 2.75) is 13.0 Å². The van der Waals surface area contributed by atoms with Crippen LogP contribution in [-0.4, -0.2) is 34.0 Å². The Balaban J connectivity index is 1.69. The fourth-order valence-electron chi connectivity index (χ4n) is 2.55. The molecule has 3 rings (SSSR count). The van der Waals surface area contributed by atoms with E-state index in [2.05, 4.69) is 9.88 Å². The lowest BCUT2D eigenvalue weighted by molar-refractivity contribution is -0.141. The van der Waals surface area contributed by atoms with E-state index >= 15 is 0 Å². The molecule has 0 aliphatic carbocycles. The second-order valence-corrected chi connectivity index (χ2v) is 6.52. The molecule has 1 atom stereocenters. The van der Waals surface area contributed by atoms with E-state index in [0.29, 0.717) is 18.1 Å². The third-order valence-corrected chi connectivity index (χ3v) is 4.85. The Hall–Kier alpha value is -1.43. The molecule has 0 radical (unpaired) electrons. The number of carboxylic acids is 1. The zero-order valence-electron chi connectivity index (χ0n) is 11.3. The number of nitrogens with zero attached hydrogens (tertiary/aromatic N) is 2. The van der Waals surface area contributed by atoms with Crippen LogP contribution >= 0.6 is 22.9 Å². The van der Waals surface area contributed by atoms with Crippen molar-refractivity contribution in [1.29, 1.82) is 0 Å². The highest BCUT2D eigenvalue weighted by Gasteiger charge is 2.28. The molecule has 21 heavy (non-hydrogen) atoms. The van der Waals surface area contributed by atoms with Crippen molar-refractivity contribution in [3.8, 4) is 11.3 Å². The summed E-state index contributed by atoms with van der Waals surface area (Å²) in [5, 5.41) is 12.7. The zero-order valence-corrected chi connectivity index (χ0v) is 12.9.